The SMILES string of the molecule is CC(C)(C)OC(=O)N1CC[C@H](CNc2ccncn2)C(F)(F)C1. The minimum Gasteiger partial charge on any atom is -0.444 e. The number of ether oxygens (including phenoxy) is 1. The number of hydrogen-bond acceptors (Lipinski definition) is 5. The number of alkyl halides is 2. The molecule has 0 bridgehead atoms. The quantitative estimate of drug-likeness (QED) is 0.924. The van der Waals surface area contributed by atoms with Crippen molar-refractivity contribution >= 4 is 11.9 Å². The van der Waals surface area contributed by atoms with Gasteiger partial charge in [-0.05, 0) is 33.3 Å². The Morgan fingerprint density at radius 3 is 2.83 bits per heavy atom. The molecule has 6 nitrogen and oxygen atoms in total. The van der Waals surface area contributed by atoms with Gasteiger partial charge in [-0.2, -0.15) is 0 Å². The van der Waals surface area contributed by atoms with Crippen LogP contribution < -0.4 is 5.32 Å². The molecular formula is C15H22F2N4O2. The van der Waals surface area contributed by atoms with Gasteiger partial charge < -0.3 is 15.0 Å². The Bertz CT molecular complexity index is 534. The third-order valence-electron chi connectivity index (χ3n) is 3.51. The van der Waals surface area contributed by atoms with E-state index in [4.69, 9.17) is 4.74 Å². The highest BCUT2D eigenvalue weighted by Crippen LogP contribution is 2.33. The van der Waals surface area contributed by atoms with Crippen molar-refractivity contribution in [1.82, 2.24) is 14.9 Å². The lowest BCUT2D eigenvalue weighted by molar-refractivity contribution is -0.106. The molecule has 2 heterocycles. The van der Waals surface area contributed by atoms with E-state index in [1.165, 1.54) is 6.33 Å². The first-order valence-corrected chi connectivity index (χ1v) is 7.53. The number of carbonyl (C=O) groups excluding carboxylic acids is 1. The van der Waals surface area contributed by atoms with Crippen LogP contribution in [-0.2, 0) is 4.74 Å². The first-order valence-electron chi connectivity index (χ1n) is 7.53. The summed E-state index contributed by atoms with van der Waals surface area (Å²) in [6.45, 7) is 4.84. The summed E-state index contributed by atoms with van der Waals surface area (Å²) in [5.74, 6) is -3.34. The van der Waals surface area contributed by atoms with Gasteiger partial charge in [-0.25, -0.2) is 23.5 Å². The fourth-order valence-electron chi connectivity index (χ4n) is 2.34. The molecule has 0 radical (unpaired) electrons. The fraction of sp³-hybridized carbons (Fsp3) is 0.667. The van der Waals surface area contributed by atoms with Crippen molar-refractivity contribution in [1.29, 1.82) is 0 Å². The van der Waals surface area contributed by atoms with Gasteiger partial charge in [0, 0.05) is 25.2 Å². The largest absolute Gasteiger partial charge is 0.444 e. The van der Waals surface area contributed by atoms with E-state index in [-0.39, 0.29) is 19.5 Å². The highest BCUT2D eigenvalue weighted by molar-refractivity contribution is 5.68. The molecule has 1 aromatic rings. The molecule has 1 fully saturated rings. The minimum absolute atomic E-state index is 0.0895. The number of hydrogen-bond donors (Lipinski definition) is 1. The number of nitrogens with zero attached hydrogens (tertiary/aromatic N) is 3. The molecule has 128 valence electrons. The highest BCUT2D eigenvalue weighted by Gasteiger charge is 2.46. The van der Waals surface area contributed by atoms with E-state index in [0.29, 0.717) is 5.82 Å². The van der Waals surface area contributed by atoms with Gasteiger partial charge in [0.25, 0.3) is 5.92 Å². The van der Waals surface area contributed by atoms with Crippen LogP contribution in [-0.4, -0.2) is 52.1 Å². The standard InChI is InChI=1S/C15H22F2N4O2/c1-14(2,3)23-13(22)21-7-5-11(15(16,17)9-21)8-19-12-4-6-18-10-20-12/h4,6,10-11H,5,7-9H2,1-3H3,(H,18,19,20)/t11-/m1/s1. The normalized spacial score (nSPS) is 20.9. The molecule has 0 aliphatic carbocycles. The van der Waals surface area contributed by atoms with E-state index in [1.54, 1.807) is 33.0 Å². The van der Waals surface area contributed by atoms with Crippen LogP contribution in [0.1, 0.15) is 27.2 Å². The van der Waals surface area contributed by atoms with E-state index in [9.17, 15) is 13.6 Å². The van der Waals surface area contributed by atoms with Crippen molar-refractivity contribution in [3.05, 3.63) is 18.6 Å². The molecule has 0 aromatic carbocycles. The van der Waals surface area contributed by atoms with Crippen molar-refractivity contribution in [3.63, 3.8) is 0 Å². The Labute approximate surface area is 134 Å². The molecule has 0 saturated carbocycles. The average molecular weight is 328 g/mol. The number of likely N-dealkylation sites (tertiary alicyclic amines) is 1. The van der Waals surface area contributed by atoms with E-state index >= 15 is 0 Å². The predicted molar refractivity (Wildman–Crippen MR) is 81.4 cm³/mol. The summed E-state index contributed by atoms with van der Waals surface area (Å²) in [5, 5.41) is 2.89. The van der Waals surface area contributed by atoms with Gasteiger partial charge in [-0.3, -0.25) is 0 Å². The molecular weight excluding hydrogens is 306 g/mol. The summed E-state index contributed by atoms with van der Waals surface area (Å²) < 4.78 is 33.7. The van der Waals surface area contributed by atoms with Gasteiger partial charge in [0.1, 0.15) is 17.7 Å². The number of aromatic nitrogens is 2. The molecule has 0 spiro atoms. The maximum Gasteiger partial charge on any atom is 0.410 e. The molecule has 1 amide bonds. The minimum atomic E-state index is -2.98. The average Bonchev–Trinajstić information content (AvgIpc) is 2.44. The van der Waals surface area contributed by atoms with Gasteiger partial charge in [0.05, 0.1) is 6.54 Å². The van der Waals surface area contributed by atoms with Crippen LogP contribution in [0.4, 0.5) is 19.4 Å². The number of halogens is 2. The van der Waals surface area contributed by atoms with Gasteiger partial charge in [-0.1, -0.05) is 0 Å². The summed E-state index contributed by atoms with van der Waals surface area (Å²) in [6, 6.07) is 1.62. The van der Waals surface area contributed by atoms with E-state index < -0.39 is 30.1 Å². The maximum atomic E-state index is 14.3. The third-order valence-corrected chi connectivity index (χ3v) is 3.51. The lowest BCUT2D eigenvalue weighted by atomic mass is 9.93. The number of anilines is 1. The zero-order valence-electron chi connectivity index (χ0n) is 13.6. The zero-order chi connectivity index (χ0) is 17.1. The molecule has 1 aliphatic heterocycles. The van der Waals surface area contributed by atoms with Crippen molar-refractivity contribution in [2.24, 2.45) is 5.92 Å². The first kappa shape index (κ1) is 17.4. The number of piperidine rings is 1. The molecule has 1 saturated heterocycles. The second kappa shape index (κ2) is 6.64. The maximum absolute atomic E-state index is 14.3. The highest BCUT2D eigenvalue weighted by atomic mass is 19.3. The number of amides is 1. The van der Waals surface area contributed by atoms with Gasteiger partial charge in [-0.15, -0.1) is 0 Å². The molecule has 1 N–H and O–H groups in total. The summed E-state index contributed by atoms with van der Waals surface area (Å²) in [5.41, 5.74) is -0.697. The van der Waals surface area contributed by atoms with Gasteiger partial charge in [0.15, 0.2) is 0 Å². The lowest BCUT2D eigenvalue weighted by Gasteiger charge is -2.38. The van der Waals surface area contributed by atoms with E-state index in [0.717, 1.165) is 4.90 Å². The second-order valence-corrected chi connectivity index (χ2v) is 6.62. The first-order chi connectivity index (χ1) is 10.7. The van der Waals surface area contributed by atoms with Crippen molar-refractivity contribution in [2.75, 3.05) is 25.0 Å². The van der Waals surface area contributed by atoms with Crippen LogP contribution in [0, 0.1) is 5.92 Å². The third kappa shape index (κ3) is 5.01. The zero-order valence-corrected chi connectivity index (χ0v) is 13.6. The van der Waals surface area contributed by atoms with E-state index in [1.807, 2.05) is 0 Å². The number of nitrogens with one attached hydrogen (secondary N) is 1. The molecule has 1 aliphatic rings. The molecule has 0 unspecified atom stereocenters. The van der Waals surface area contributed by atoms with Crippen LogP contribution >= 0.6 is 0 Å². The lowest BCUT2D eigenvalue weighted by Crippen LogP contribution is -2.53. The van der Waals surface area contributed by atoms with Gasteiger partial charge >= 0.3 is 6.09 Å². The Balaban J connectivity index is 1.91. The summed E-state index contributed by atoms with van der Waals surface area (Å²) in [7, 11) is 0. The van der Waals surface area contributed by atoms with Crippen LogP contribution in [0.15, 0.2) is 18.6 Å². The fourth-order valence-corrected chi connectivity index (χ4v) is 2.34. The van der Waals surface area contributed by atoms with Crippen LogP contribution in [0.3, 0.4) is 0 Å². The smallest absolute Gasteiger partial charge is 0.410 e. The van der Waals surface area contributed by atoms with E-state index in [2.05, 4.69) is 15.3 Å². The Hall–Kier alpha value is -1.99. The Morgan fingerprint density at radius 2 is 2.26 bits per heavy atom. The molecule has 1 aromatic heterocycles. The molecule has 2 rings (SSSR count). The van der Waals surface area contributed by atoms with Crippen molar-refractivity contribution in [2.45, 2.75) is 38.7 Å². The van der Waals surface area contributed by atoms with Crippen LogP contribution in [0.5, 0.6) is 0 Å². The van der Waals surface area contributed by atoms with Gasteiger partial charge in [0.2, 0.25) is 0 Å². The summed E-state index contributed by atoms with van der Waals surface area (Å²) in [4.78, 5) is 20.7. The van der Waals surface area contributed by atoms with Crippen molar-refractivity contribution in [3.8, 4) is 0 Å². The monoisotopic (exact) mass is 328 g/mol. The van der Waals surface area contributed by atoms with Crippen LogP contribution in [0.2, 0.25) is 0 Å². The summed E-state index contributed by atoms with van der Waals surface area (Å²) >= 11 is 0. The number of rotatable bonds is 3. The molecule has 1 atom stereocenters. The summed E-state index contributed by atoms with van der Waals surface area (Å²) in [6.07, 6.45) is 2.40. The predicted octanol–water partition coefficient (Wildman–Crippen LogP) is 2.78. The topological polar surface area (TPSA) is 67.3 Å². The van der Waals surface area contributed by atoms with Crippen LogP contribution in [0.25, 0.3) is 0 Å². The molecule has 23 heavy (non-hydrogen) atoms. The van der Waals surface area contributed by atoms with Crippen molar-refractivity contribution < 1.29 is 18.3 Å². The second-order valence-electron chi connectivity index (χ2n) is 6.62. The molecule has 8 heteroatoms. The number of carbonyl (C=O) groups is 1. The Kier molecular flexibility index (Phi) is 5.01. The Morgan fingerprint density at radius 1 is 1.52 bits per heavy atom.